The van der Waals surface area contributed by atoms with Gasteiger partial charge in [-0.25, -0.2) is 0 Å². The van der Waals surface area contributed by atoms with Crippen LogP contribution in [0.1, 0.15) is 5.56 Å². The molecule has 1 heterocycles. The predicted molar refractivity (Wildman–Crippen MR) is 66.8 cm³/mol. The molecule has 0 aliphatic carbocycles. The average Bonchev–Trinajstić information content (AvgIpc) is 2.40. The van der Waals surface area contributed by atoms with Gasteiger partial charge in [-0.05, 0) is 24.1 Å². The number of aliphatic carboxylic acids is 1. The highest BCUT2D eigenvalue weighted by atomic mass is 16.4. The highest BCUT2D eigenvalue weighted by Crippen LogP contribution is 2.16. The first-order valence-electron chi connectivity index (χ1n) is 5.52. The Bertz CT molecular complexity index is 526. The maximum Gasteiger partial charge on any atom is 0.320 e. The first kappa shape index (κ1) is 12.2. The van der Waals surface area contributed by atoms with Crippen molar-refractivity contribution in [1.29, 1.82) is 0 Å². The molecule has 18 heavy (non-hydrogen) atoms. The molecule has 0 aliphatic rings. The van der Waals surface area contributed by atoms with Gasteiger partial charge in [-0.1, -0.05) is 24.3 Å². The molecule has 1 aromatic heterocycles. The van der Waals surface area contributed by atoms with Crippen LogP contribution >= 0.6 is 0 Å². The third-order valence-corrected chi connectivity index (χ3v) is 2.59. The van der Waals surface area contributed by atoms with Gasteiger partial charge >= 0.3 is 5.97 Å². The van der Waals surface area contributed by atoms with E-state index in [-0.39, 0.29) is 0 Å². The van der Waals surface area contributed by atoms with Crippen LogP contribution in [0.25, 0.3) is 11.3 Å². The molecule has 5 heteroatoms. The normalized spacial score (nSPS) is 12.1. The van der Waals surface area contributed by atoms with Crippen molar-refractivity contribution in [2.75, 3.05) is 0 Å². The van der Waals surface area contributed by atoms with Crippen LogP contribution < -0.4 is 5.73 Å². The Morgan fingerprint density at radius 2 is 2.00 bits per heavy atom. The number of carboxylic acid groups (broad SMARTS) is 1. The molecular weight excluding hydrogens is 230 g/mol. The molecule has 5 nitrogen and oxygen atoms in total. The van der Waals surface area contributed by atoms with Crippen molar-refractivity contribution in [2.24, 2.45) is 5.73 Å². The van der Waals surface area contributed by atoms with E-state index in [1.165, 1.54) is 0 Å². The summed E-state index contributed by atoms with van der Waals surface area (Å²) in [5.74, 6) is -0.993. The zero-order valence-corrected chi connectivity index (χ0v) is 9.65. The molecule has 1 unspecified atom stereocenters. The molecule has 0 saturated heterocycles. The molecule has 0 radical (unpaired) electrons. The lowest BCUT2D eigenvalue weighted by Crippen LogP contribution is -2.32. The Balaban J connectivity index is 2.13. The van der Waals surface area contributed by atoms with Crippen LogP contribution in [0.4, 0.5) is 0 Å². The van der Waals surface area contributed by atoms with Crippen molar-refractivity contribution in [3.63, 3.8) is 0 Å². The fraction of sp³-hybridized carbons (Fsp3) is 0.154. The van der Waals surface area contributed by atoms with E-state index in [9.17, 15) is 4.79 Å². The molecule has 0 bridgehead atoms. The van der Waals surface area contributed by atoms with Crippen molar-refractivity contribution < 1.29 is 9.90 Å². The molecule has 3 N–H and O–H groups in total. The van der Waals surface area contributed by atoms with Crippen molar-refractivity contribution >= 4 is 5.97 Å². The van der Waals surface area contributed by atoms with E-state index in [2.05, 4.69) is 10.2 Å². The standard InChI is InChI=1S/C13H13N3O2/c14-11(13(17)18)8-9-3-5-10(6-4-9)12-2-1-7-15-16-12/h1-7,11H,8,14H2,(H,17,18). The highest BCUT2D eigenvalue weighted by Gasteiger charge is 2.11. The van der Waals surface area contributed by atoms with Crippen LogP contribution in [0.3, 0.4) is 0 Å². The summed E-state index contributed by atoms with van der Waals surface area (Å²) < 4.78 is 0. The van der Waals surface area contributed by atoms with E-state index in [4.69, 9.17) is 10.8 Å². The van der Waals surface area contributed by atoms with E-state index >= 15 is 0 Å². The van der Waals surface area contributed by atoms with Crippen molar-refractivity contribution in [1.82, 2.24) is 10.2 Å². The molecule has 2 aromatic rings. The second-order valence-corrected chi connectivity index (χ2v) is 3.95. The van der Waals surface area contributed by atoms with Crippen LogP contribution in [-0.4, -0.2) is 27.3 Å². The molecule has 0 spiro atoms. The molecule has 0 saturated carbocycles. The van der Waals surface area contributed by atoms with Crippen molar-refractivity contribution in [3.8, 4) is 11.3 Å². The van der Waals surface area contributed by atoms with Gasteiger partial charge in [0.2, 0.25) is 0 Å². The van der Waals surface area contributed by atoms with E-state index < -0.39 is 12.0 Å². The largest absolute Gasteiger partial charge is 0.480 e. The molecular formula is C13H13N3O2. The monoisotopic (exact) mass is 243 g/mol. The molecule has 0 amide bonds. The fourth-order valence-electron chi connectivity index (χ4n) is 1.61. The van der Waals surface area contributed by atoms with E-state index in [0.717, 1.165) is 16.8 Å². The number of hydrogen-bond donors (Lipinski definition) is 2. The predicted octanol–water partition coefficient (Wildman–Crippen LogP) is 1.10. The Labute approximate surface area is 104 Å². The van der Waals surface area contributed by atoms with Gasteiger partial charge in [-0.2, -0.15) is 10.2 Å². The van der Waals surface area contributed by atoms with E-state index in [0.29, 0.717) is 6.42 Å². The number of carboxylic acids is 1. The van der Waals surface area contributed by atoms with Gasteiger partial charge in [0.05, 0.1) is 5.69 Å². The topological polar surface area (TPSA) is 89.1 Å². The zero-order chi connectivity index (χ0) is 13.0. The number of carbonyl (C=O) groups is 1. The SMILES string of the molecule is NC(Cc1ccc(-c2cccnn2)cc1)C(=O)O. The number of aromatic nitrogens is 2. The van der Waals surface area contributed by atoms with E-state index in [1.54, 1.807) is 6.20 Å². The number of rotatable bonds is 4. The minimum Gasteiger partial charge on any atom is -0.480 e. The van der Waals surface area contributed by atoms with Crippen LogP contribution in [0, 0.1) is 0 Å². The van der Waals surface area contributed by atoms with Gasteiger partial charge in [0.15, 0.2) is 0 Å². The smallest absolute Gasteiger partial charge is 0.320 e. The Morgan fingerprint density at radius 3 is 2.56 bits per heavy atom. The first-order chi connectivity index (χ1) is 8.66. The second kappa shape index (κ2) is 5.37. The van der Waals surface area contributed by atoms with Crippen LogP contribution in [0.5, 0.6) is 0 Å². The lowest BCUT2D eigenvalue weighted by atomic mass is 10.0. The quantitative estimate of drug-likeness (QED) is 0.839. The third-order valence-electron chi connectivity index (χ3n) is 2.59. The summed E-state index contributed by atoms with van der Waals surface area (Å²) in [6, 6.07) is 10.3. The minimum absolute atomic E-state index is 0.316. The van der Waals surface area contributed by atoms with Crippen LogP contribution in [-0.2, 0) is 11.2 Å². The summed E-state index contributed by atoms with van der Waals surface area (Å²) >= 11 is 0. The van der Waals surface area contributed by atoms with E-state index in [1.807, 2.05) is 36.4 Å². The first-order valence-corrected chi connectivity index (χ1v) is 5.52. The summed E-state index contributed by atoms with van der Waals surface area (Å²) in [4.78, 5) is 10.6. The molecule has 0 aliphatic heterocycles. The Morgan fingerprint density at radius 1 is 1.28 bits per heavy atom. The maximum atomic E-state index is 10.6. The summed E-state index contributed by atoms with van der Waals surface area (Å²) in [7, 11) is 0. The Kier molecular flexibility index (Phi) is 3.64. The third kappa shape index (κ3) is 2.89. The number of hydrogen-bond acceptors (Lipinski definition) is 4. The van der Waals surface area contributed by atoms with Crippen molar-refractivity contribution in [2.45, 2.75) is 12.5 Å². The summed E-state index contributed by atoms with van der Waals surface area (Å²) in [6.07, 6.45) is 1.93. The lowest BCUT2D eigenvalue weighted by molar-refractivity contribution is -0.138. The Hall–Kier alpha value is -2.27. The molecule has 92 valence electrons. The number of benzene rings is 1. The summed E-state index contributed by atoms with van der Waals surface area (Å²) in [5.41, 5.74) is 8.09. The van der Waals surface area contributed by atoms with Crippen LogP contribution in [0.2, 0.25) is 0 Å². The van der Waals surface area contributed by atoms with Gasteiger partial charge in [-0.3, -0.25) is 4.79 Å². The zero-order valence-electron chi connectivity index (χ0n) is 9.65. The van der Waals surface area contributed by atoms with Gasteiger partial charge in [0, 0.05) is 11.8 Å². The van der Waals surface area contributed by atoms with Crippen molar-refractivity contribution in [3.05, 3.63) is 48.2 Å². The number of nitrogens with zero attached hydrogens (tertiary/aromatic N) is 2. The second-order valence-electron chi connectivity index (χ2n) is 3.95. The van der Waals surface area contributed by atoms with Gasteiger partial charge in [0.25, 0.3) is 0 Å². The van der Waals surface area contributed by atoms with Gasteiger partial charge in [-0.15, -0.1) is 0 Å². The lowest BCUT2D eigenvalue weighted by Gasteiger charge is -2.07. The van der Waals surface area contributed by atoms with Gasteiger partial charge < -0.3 is 10.8 Å². The van der Waals surface area contributed by atoms with Crippen LogP contribution in [0.15, 0.2) is 42.6 Å². The molecule has 2 rings (SSSR count). The maximum absolute atomic E-state index is 10.6. The highest BCUT2D eigenvalue weighted by molar-refractivity contribution is 5.73. The molecule has 0 fully saturated rings. The minimum atomic E-state index is -0.993. The molecule has 1 atom stereocenters. The summed E-state index contributed by atoms with van der Waals surface area (Å²) in [5, 5.41) is 16.5. The number of nitrogens with two attached hydrogens (primary N) is 1. The van der Waals surface area contributed by atoms with Gasteiger partial charge in [0.1, 0.15) is 6.04 Å². The fourth-order valence-corrected chi connectivity index (χ4v) is 1.61. The summed E-state index contributed by atoms with van der Waals surface area (Å²) in [6.45, 7) is 0. The average molecular weight is 243 g/mol. The molecule has 1 aromatic carbocycles.